The molecule has 1 N–H and O–H groups in total. The van der Waals surface area contributed by atoms with Crippen LogP contribution in [0.2, 0.25) is 0 Å². The van der Waals surface area contributed by atoms with E-state index in [-0.39, 0.29) is 6.04 Å². The maximum atomic E-state index is 4.32. The van der Waals surface area contributed by atoms with Crippen molar-refractivity contribution in [1.29, 1.82) is 0 Å². The van der Waals surface area contributed by atoms with Crippen LogP contribution in [0.25, 0.3) is 0 Å². The molecule has 0 spiro atoms. The molecule has 4 heteroatoms. The van der Waals surface area contributed by atoms with Gasteiger partial charge in [-0.15, -0.1) is 0 Å². The van der Waals surface area contributed by atoms with Crippen molar-refractivity contribution in [2.45, 2.75) is 38.8 Å². The third-order valence-corrected chi connectivity index (χ3v) is 3.59. The average Bonchev–Trinajstić information content (AvgIpc) is 2.84. The van der Waals surface area contributed by atoms with Gasteiger partial charge >= 0.3 is 0 Å². The standard InChI is InChI=1S/C13H22N4/c1-3-17-8-4-5-12(17)9-16-11(2)13-10-14-6-7-15-13/h6-7,10-12,16H,3-5,8-9H2,1-2H3. The van der Waals surface area contributed by atoms with E-state index in [1.54, 1.807) is 12.4 Å². The number of likely N-dealkylation sites (N-methyl/N-ethyl adjacent to an activating group) is 1. The Morgan fingerprint density at radius 3 is 3.12 bits per heavy atom. The summed E-state index contributed by atoms with van der Waals surface area (Å²) < 4.78 is 0. The molecule has 2 rings (SSSR count). The highest BCUT2D eigenvalue weighted by molar-refractivity contribution is 5.00. The first-order valence-electron chi connectivity index (χ1n) is 6.54. The Morgan fingerprint density at radius 1 is 1.53 bits per heavy atom. The minimum Gasteiger partial charge on any atom is -0.307 e. The van der Waals surface area contributed by atoms with Crippen LogP contribution in [-0.2, 0) is 0 Å². The van der Waals surface area contributed by atoms with Gasteiger partial charge in [0.25, 0.3) is 0 Å². The van der Waals surface area contributed by atoms with E-state index in [1.807, 2.05) is 6.20 Å². The summed E-state index contributed by atoms with van der Waals surface area (Å²) in [6, 6.07) is 0.974. The largest absolute Gasteiger partial charge is 0.307 e. The highest BCUT2D eigenvalue weighted by atomic mass is 15.2. The van der Waals surface area contributed by atoms with Crippen molar-refractivity contribution in [3.05, 3.63) is 24.3 Å². The van der Waals surface area contributed by atoms with E-state index in [1.165, 1.54) is 19.4 Å². The smallest absolute Gasteiger partial charge is 0.0753 e. The van der Waals surface area contributed by atoms with E-state index in [4.69, 9.17) is 0 Å². The van der Waals surface area contributed by atoms with Crippen LogP contribution >= 0.6 is 0 Å². The molecule has 0 radical (unpaired) electrons. The van der Waals surface area contributed by atoms with Gasteiger partial charge in [-0.2, -0.15) is 0 Å². The molecule has 2 atom stereocenters. The lowest BCUT2D eigenvalue weighted by Gasteiger charge is -2.24. The molecule has 4 nitrogen and oxygen atoms in total. The van der Waals surface area contributed by atoms with Crippen LogP contribution in [0.5, 0.6) is 0 Å². The lowest BCUT2D eigenvalue weighted by molar-refractivity contribution is 0.255. The number of nitrogens with one attached hydrogen (secondary N) is 1. The number of hydrogen-bond acceptors (Lipinski definition) is 4. The summed E-state index contributed by atoms with van der Waals surface area (Å²) in [6.07, 6.45) is 7.95. The van der Waals surface area contributed by atoms with Gasteiger partial charge in [0.15, 0.2) is 0 Å². The van der Waals surface area contributed by atoms with Gasteiger partial charge < -0.3 is 5.32 Å². The Bertz CT molecular complexity index is 327. The molecule has 94 valence electrons. The summed E-state index contributed by atoms with van der Waals surface area (Å²) in [6.45, 7) is 7.85. The third kappa shape index (κ3) is 3.23. The highest BCUT2D eigenvalue weighted by Gasteiger charge is 2.23. The van der Waals surface area contributed by atoms with Crippen LogP contribution in [0, 0.1) is 0 Å². The fraction of sp³-hybridized carbons (Fsp3) is 0.692. The van der Waals surface area contributed by atoms with E-state index in [2.05, 4.69) is 34.0 Å². The summed E-state index contributed by atoms with van der Waals surface area (Å²) in [5, 5.41) is 3.56. The first-order valence-corrected chi connectivity index (χ1v) is 6.54. The Morgan fingerprint density at radius 2 is 2.41 bits per heavy atom. The van der Waals surface area contributed by atoms with Crippen molar-refractivity contribution in [2.75, 3.05) is 19.6 Å². The van der Waals surface area contributed by atoms with Crippen molar-refractivity contribution >= 4 is 0 Å². The summed E-state index contributed by atoms with van der Waals surface area (Å²) in [7, 11) is 0. The number of aromatic nitrogens is 2. The minimum atomic E-state index is 0.281. The molecule has 1 aliphatic heterocycles. The molecule has 2 unspecified atom stereocenters. The summed E-state index contributed by atoms with van der Waals surface area (Å²) in [5.41, 5.74) is 1.02. The maximum absolute atomic E-state index is 4.32. The molecule has 1 fully saturated rings. The van der Waals surface area contributed by atoms with E-state index in [9.17, 15) is 0 Å². The molecule has 0 amide bonds. The number of rotatable bonds is 5. The average molecular weight is 234 g/mol. The molecule has 1 saturated heterocycles. The van der Waals surface area contributed by atoms with E-state index >= 15 is 0 Å². The molecule has 1 aromatic rings. The first-order chi connectivity index (χ1) is 8.31. The molecule has 0 aliphatic carbocycles. The zero-order valence-electron chi connectivity index (χ0n) is 10.8. The van der Waals surface area contributed by atoms with E-state index in [0.29, 0.717) is 6.04 Å². The molecule has 0 aromatic carbocycles. The van der Waals surface area contributed by atoms with Crippen molar-refractivity contribution in [1.82, 2.24) is 20.2 Å². The van der Waals surface area contributed by atoms with Crippen LogP contribution in [-0.4, -0.2) is 40.5 Å². The number of nitrogens with zero attached hydrogens (tertiary/aromatic N) is 3. The number of likely N-dealkylation sites (tertiary alicyclic amines) is 1. The molecule has 2 heterocycles. The Kier molecular flexibility index (Phi) is 4.45. The van der Waals surface area contributed by atoms with Gasteiger partial charge in [0, 0.05) is 37.2 Å². The van der Waals surface area contributed by atoms with E-state index in [0.717, 1.165) is 18.8 Å². The van der Waals surface area contributed by atoms with Crippen LogP contribution in [0.4, 0.5) is 0 Å². The molecular formula is C13H22N4. The lowest BCUT2D eigenvalue weighted by atomic mass is 10.2. The van der Waals surface area contributed by atoms with Crippen LogP contribution < -0.4 is 5.32 Å². The highest BCUT2D eigenvalue weighted by Crippen LogP contribution is 2.17. The first kappa shape index (κ1) is 12.5. The zero-order valence-corrected chi connectivity index (χ0v) is 10.8. The van der Waals surface area contributed by atoms with Gasteiger partial charge in [0.2, 0.25) is 0 Å². The quantitative estimate of drug-likeness (QED) is 0.840. The van der Waals surface area contributed by atoms with Gasteiger partial charge in [-0.1, -0.05) is 6.92 Å². The lowest BCUT2D eigenvalue weighted by Crippen LogP contribution is -2.38. The molecule has 0 saturated carbocycles. The molecule has 0 bridgehead atoms. The van der Waals surface area contributed by atoms with Gasteiger partial charge in [-0.3, -0.25) is 14.9 Å². The van der Waals surface area contributed by atoms with Crippen molar-refractivity contribution < 1.29 is 0 Å². The van der Waals surface area contributed by atoms with Gasteiger partial charge in [0.05, 0.1) is 5.69 Å². The minimum absolute atomic E-state index is 0.281. The van der Waals surface area contributed by atoms with E-state index < -0.39 is 0 Å². The predicted molar refractivity (Wildman–Crippen MR) is 68.7 cm³/mol. The monoisotopic (exact) mass is 234 g/mol. The molecular weight excluding hydrogens is 212 g/mol. The van der Waals surface area contributed by atoms with Gasteiger partial charge in [-0.25, -0.2) is 0 Å². The third-order valence-electron chi connectivity index (χ3n) is 3.59. The normalized spacial score (nSPS) is 22.8. The SMILES string of the molecule is CCN1CCCC1CNC(C)c1cnccn1. The molecule has 1 aromatic heterocycles. The van der Waals surface area contributed by atoms with Crippen molar-refractivity contribution in [3.63, 3.8) is 0 Å². The number of hydrogen-bond donors (Lipinski definition) is 1. The second-order valence-corrected chi connectivity index (χ2v) is 4.68. The summed E-state index contributed by atoms with van der Waals surface area (Å²) in [5.74, 6) is 0. The summed E-state index contributed by atoms with van der Waals surface area (Å²) >= 11 is 0. The fourth-order valence-electron chi connectivity index (χ4n) is 2.49. The maximum Gasteiger partial charge on any atom is 0.0753 e. The summed E-state index contributed by atoms with van der Waals surface area (Å²) in [4.78, 5) is 11.0. The van der Waals surface area contributed by atoms with Crippen molar-refractivity contribution in [2.24, 2.45) is 0 Å². The predicted octanol–water partition coefficient (Wildman–Crippen LogP) is 1.61. The molecule has 1 aliphatic rings. The zero-order chi connectivity index (χ0) is 12.1. The molecule has 17 heavy (non-hydrogen) atoms. The van der Waals surface area contributed by atoms with Crippen LogP contribution in [0.15, 0.2) is 18.6 Å². The Hall–Kier alpha value is -1.00. The topological polar surface area (TPSA) is 41.0 Å². The van der Waals surface area contributed by atoms with Crippen LogP contribution in [0.1, 0.15) is 38.4 Å². The Labute approximate surface area is 103 Å². The Balaban J connectivity index is 1.82. The fourth-order valence-corrected chi connectivity index (χ4v) is 2.49. The van der Waals surface area contributed by atoms with Crippen molar-refractivity contribution in [3.8, 4) is 0 Å². The van der Waals surface area contributed by atoms with Gasteiger partial charge in [-0.05, 0) is 32.9 Å². The van der Waals surface area contributed by atoms with Gasteiger partial charge in [0.1, 0.15) is 0 Å². The van der Waals surface area contributed by atoms with Crippen LogP contribution in [0.3, 0.4) is 0 Å². The second kappa shape index (κ2) is 6.07. The second-order valence-electron chi connectivity index (χ2n) is 4.68.